The number of piperidine rings is 1. The third-order valence-electron chi connectivity index (χ3n) is 6.28. The number of amides is 2. The molecule has 0 saturated carbocycles. The Labute approximate surface area is 182 Å². The highest BCUT2D eigenvalue weighted by atomic mass is 19.4. The second-order valence-corrected chi connectivity index (χ2v) is 8.72. The number of alkyl halides is 3. The van der Waals surface area contributed by atoms with Crippen molar-refractivity contribution in [1.82, 2.24) is 14.7 Å². The van der Waals surface area contributed by atoms with Gasteiger partial charge in [0.15, 0.2) is 0 Å². The molecule has 0 aliphatic carbocycles. The molecule has 1 aromatic carbocycles. The van der Waals surface area contributed by atoms with E-state index < -0.39 is 11.7 Å². The van der Waals surface area contributed by atoms with Gasteiger partial charge in [-0.3, -0.25) is 14.5 Å². The molecule has 3 rings (SSSR count). The third kappa shape index (κ3) is 6.45. The molecule has 2 aliphatic rings. The number of carbonyl (C=O) groups is 2. The van der Waals surface area contributed by atoms with Gasteiger partial charge in [-0.1, -0.05) is 31.0 Å². The maximum atomic E-state index is 13.2. The van der Waals surface area contributed by atoms with Crippen LogP contribution in [0.3, 0.4) is 0 Å². The zero-order valence-electron chi connectivity index (χ0n) is 18.2. The first kappa shape index (κ1) is 23.6. The van der Waals surface area contributed by atoms with Crippen molar-refractivity contribution in [2.75, 3.05) is 39.8 Å². The first-order valence-corrected chi connectivity index (χ1v) is 11.2. The molecule has 8 heteroatoms. The number of nitrogens with zero attached hydrogens (tertiary/aromatic N) is 3. The van der Waals surface area contributed by atoms with Crippen LogP contribution in [0.25, 0.3) is 0 Å². The van der Waals surface area contributed by atoms with Gasteiger partial charge in [0.25, 0.3) is 0 Å². The monoisotopic (exact) mass is 439 g/mol. The summed E-state index contributed by atoms with van der Waals surface area (Å²) < 4.78 is 39.6. The molecular formula is C23H32F3N3O2. The summed E-state index contributed by atoms with van der Waals surface area (Å²) in [6.45, 7) is 2.82. The standard InChI is InChI=1S/C23H32F3N3O2/c1-27(16-19-8-4-5-9-20(19)23(24,25)26)17-21(30)28-14-10-18(11-15-28)22(31)29-12-6-2-3-7-13-29/h4-5,8-9,18H,2-3,6-7,10-17H2,1H3. The number of hydrogen-bond donors (Lipinski definition) is 0. The highest BCUT2D eigenvalue weighted by molar-refractivity contribution is 5.81. The number of carbonyl (C=O) groups excluding carboxylic acids is 2. The van der Waals surface area contributed by atoms with Crippen molar-refractivity contribution in [2.45, 2.75) is 51.2 Å². The van der Waals surface area contributed by atoms with Gasteiger partial charge >= 0.3 is 6.18 Å². The highest BCUT2D eigenvalue weighted by Crippen LogP contribution is 2.32. The van der Waals surface area contributed by atoms with Crippen molar-refractivity contribution >= 4 is 11.8 Å². The summed E-state index contributed by atoms with van der Waals surface area (Å²) in [6.07, 6.45) is 1.38. The van der Waals surface area contributed by atoms with E-state index >= 15 is 0 Å². The SMILES string of the molecule is CN(CC(=O)N1CCC(C(=O)N2CCCCCC2)CC1)Cc1ccccc1C(F)(F)F. The van der Waals surface area contributed by atoms with Gasteiger partial charge in [0.1, 0.15) is 0 Å². The summed E-state index contributed by atoms with van der Waals surface area (Å²) in [5.41, 5.74) is -0.505. The first-order valence-electron chi connectivity index (χ1n) is 11.2. The smallest absolute Gasteiger partial charge is 0.342 e. The molecule has 2 amide bonds. The molecular weight excluding hydrogens is 407 g/mol. The number of rotatable bonds is 5. The molecule has 0 bridgehead atoms. The molecule has 0 aromatic heterocycles. The van der Waals surface area contributed by atoms with Gasteiger partial charge < -0.3 is 9.80 Å². The van der Waals surface area contributed by atoms with Crippen LogP contribution in [0.15, 0.2) is 24.3 Å². The average Bonchev–Trinajstić information content (AvgIpc) is 3.02. The Hall–Kier alpha value is -2.09. The lowest BCUT2D eigenvalue weighted by Crippen LogP contribution is -2.46. The van der Waals surface area contributed by atoms with Crippen LogP contribution in [-0.2, 0) is 22.3 Å². The molecule has 2 heterocycles. The van der Waals surface area contributed by atoms with Crippen LogP contribution in [0, 0.1) is 5.92 Å². The molecule has 5 nitrogen and oxygen atoms in total. The number of likely N-dealkylation sites (tertiary alicyclic amines) is 2. The minimum Gasteiger partial charge on any atom is -0.342 e. The molecule has 1 aromatic rings. The minimum absolute atomic E-state index is 0.0291. The van der Waals surface area contributed by atoms with Crippen LogP contribution in [0.5, 0.6) is 0 Å². The molecule has 2 aliphatic heterocycles. The molecule has 0 atom stereocenters. The minimum atomic E-state index is -4.41. The largest absolute Gasteiger partial charge is 0.416 e. The van der Waals surface area contributed by atoms with E-state index in [0.717, 1.165) is 32.0 Å². The van der Waals surface area contributed by atoms with E-state index in [1.165, 1.54) is 25.0 Å². The fourth-order valence-corrected chi connectivity index (χ4v) is 4.54. The number of likely N-dealkylation sites (N-methyl/N-ethyl adjacent to an activating group) is 1. The zero-order chi connectivity index (χ0) is 22.4. The van der Waals surface area contributed by atoms with Gasteiger partial charge in [0.05, 0.1) is 12.1 Å². The van der Waals surface area contributed by atoms with Gasteiger partial charge in [-0.2, -0.15) is 13.2 Å². The van der Waals surface area contributed by atoms with E-state index in [0.29, 0.717) is 25.9 Å². The molecule has 0 unspecified atom stereocenters. The van der Waals surface area contributed by atoms with Crippen LogP contribution < -0.4 is 0 Å². The van der Waals surface area contributed by atoms with E-state index in [4.69, 9.17) is 0 Å². The molecule has 31 heavy (non-hydrogen) atoms. The van der Waals surface area contributed by atoms with Gasteiger partial charge in [0, 0.05) is 38.6 Å². The van der Waals surface area contributed by atoms with Gasteiger partial charge in [-0.15, -0.1) is 0 Å². The fraction of sp³-hybridized carbons (Fsp3) is 0.652. The lowest BCUT2D eigenvalue weighted by Gasteiger charge is -2.34. The second kappa shape index (κ2) is 10.5. The number of hydrogen-bond acceptors (Lipinski definition) is 3. The van der Waals surface area contributed by atoms with Crippen LogP contribution in [0.1, 0.15) is 49.7 Å². The summed E-state index contributed by atoms with van der Waals surface area (Å²) in [5.74, 6) is 0.0843. The lowest BCUT2D eigenvalue weighted by molar-refractivity contribution is -0.141. The Bertz CT molecular complexity index is 753. The summed E-state index contributed by atoms with van der Waals surface area (Å²) in [5, 5.41) is 0. The summed E-state index contributed by atoms with van der Waals surface area (Å²) >= 11 is 0. The molecule has 2 saturated heterocycles. The van der Waals surface area contributed by atoms with Crippen molar-refractivity contribution in [3.05, 3.63) is 35.4 Å². The summed E-state index contributed by atoms with van der Waals surface area (Å²) in [4.78, 5) is 30.8. The van der Waals surface area contributed by atoms with Gasteiger partial charge in [-0.05, 0) is 44.4 Å². The van der Waals surface area contributed by atoms with Crippen molar-refractivity contribution in [3.63, 3.8) is 0 Å². The third-order valence-corrected chi connectivity index (χ3v) is 6.28. The second-order valence-electron chi connectivity index (χ2n) is 8.72. The maximum Gasteiger partial charge on any atom is 0.416 e. The topological polar surface area (TPSA) is 43.9 Å². The Kier molecular flexibility index (Phi) is 7.97. The van der Waals surface area contributed by atoms with Crippen LogP contribution in [0.2, 0.25) is 0 Å². The van der Waals surface area contributed by atoms with Crippen molar-refractivity contribution in [2.24, 2.45) is 5.92 Å². The predicted molar refractivity (Wildman–Crippen MR) is 112 cm³/mol. The van der Waals surface area contributed by atoms with Crippen molar-refractivity contribution in [3.8, 4) is 0 Å². The Morgan fingerprint density at radius 3 is 2.19 bits per heavy atom. The van der Waals surface area contributed by atoms with Crippen LogP contribution in [-0.4, -0.2) is 66.3 Å². The quantitative estimate of drug-likeness (QED) is 0.702. The molecule has 0 radical (unpaired) electrons. The van der Waals surface area contributed by atoms with Crippen LogP contribution in [0.4, 0.5) is 13.2 Å². The van der Waals surface area contributed by atoms with E-state index in [-0.39, 0.29) is 36.4 Å². The van der Waals surface area contributed by atoms with E-state index in [9.17, 15) is 22.8 Å². The normalized spacial score (nSPS) is 18.9. The lowest BCUT2D eigenvalue weighted by atomic mass is 9.95. The first-order chi connectivity index (χ1) is 14.8. The number of halogens is 3. The fourth-order valence-electron chi connectivity index (χ4n) is 4.54. The Balaban J connectivity index is 1.48. The molecule has 0 N–H and O–H groups in total. The van der Waals surface area contributed by atoms with E-state index in [1.54, 1.807) is 22.9 Å². The van der Waals surface area contributed by atoms with Gasteiger partial charge in [-0.25, -0.2) is 0 Å². The average molecular weight is 440 g/mol. The zero-order valence-corrected chi connectivity index (χ0v) is 18.2. The van der Waals surface area contributed by atoms with Gasteiger partial charge in [0.2, 0.25) is 11.8 Å². The predicted octanol–water partition coefficient (Wildman–Crippen LogP) is 3.78. The molecule has 0 spiro atoms. The van der Waals surface area contributed by atoms with Crippen molar-refractivity contribution in [1.29, 1.82) is 0 Å². The molecule has 172 valence electrons. The molecule has 2 fully saturated rings. The van der Waals surface area contributed by atoms with E-state index in [1.807, 2.05) is 4.90 Å². The maximum absolute atomic E-state index is 13.2. The number of benzene rings is 1. The van der Waals surface area contributed by atoms with E-state index in [2.05, 4.69) is 0 Å². The Morgan fingerprint density at radius 1 is 0.968 bits per heavy atom. The van der Waals surface area contributed by atoms with Crippen molar-refractivity contribution < 1.29 is 22.8 Å². The highest BCUT2D eigenvalue weighted by Gasteiger charge is 2.34. The summed E-state index contributed by atoms with van der Waals surface area (Å²) in [6, 6.07) is 5.46. The summed E-state index contributed by atoms with van der Waals surface area (Å²) in [7, 11) is 1.65. The Morgan fingerprint density at radius 2 is 1.58 bits per heavy atom. The van der Waals surface area contributed by atoms with Crippen LogP contribution >= 0.6 is 0 Å².